The zero-order chi connectivity index (χ0) is 28.1. The molecule has 11 nitrogen and oxygen atoms in total. The van der Waals surface area contributed by atoms with Crippen molar-refractivity contribution in [1.82, 2.24) is 35.2 Å². The number of aromatic nitrogens is 5. The molecule has 0 unspecified atom stereocenters. The van der Waals surface area contributed by atoms with E-state index >= 15 is 0 Å². The van der Waals surface area contributed by atoms with Gasteiger partial charge < -0.3 is 16.0 Å². The fourth-order valence-electron chi connectivity index (χ4n) is 4.27. The highest BCUT2D eigenvalue weighted by molar-refractivity contribution is 6.04. The van der Waals surface area contributed by atoms with Crippen LogP contribution in [0.25, 0.3) is 22.2 Å². The van der Waals surface area contributed by atoms with Crippen molar-refractivity contribution in [2.75, 3.05) is 18.4 Å². The molecule has 0 radical (unpaired) electrons. The summed E-state index contributed by atoms with van der Waals surface area (Å²) < 4.78 is 3.25. The number of pyridine rings is 1. The molecule has 40 heavy (non-hydrogen) atoms. The highest BCUT2D eigenvalue weighted by atomic mass is 16.2. The Labute approximate surface area is 230 Å². The van der Waals surface area contributed by atoms with Gasteiger partial charge in [0.15, 0.2) is 0 Å². The quantitative estimate of drug-likeness (QED) is 0.248. The van der Waals surface area contributed by atoms with E-state index in [0.717, 1.165) is 16.6 Å². The van der Waals surface area contributed by atoms with Crippen LogP contribution in [0, 0.1) is 6.92 Å². The standard InChI is InChI=1S/C29H28N8O3/c1-19-23(17-36(2)34-19)25-9-6-10-26(33-25)29(40)32-22-11-12-24-21(15-22)16-37(35-24)18-27(38)30-13-14-31-28(39)20-7-4-3-5-8-20/h3-12,15-17H,13-14,18H2,1-2H3,(H,30,38)(H,31,39)(H,32,40). The Bertz CT molecular complexity index is 1690. The zero-order valence-corrected chi connectivity index (χ0v) is 22.1. The van der Waals surface area contributed by atoms with E-state index in [4.69, 9.17) is 0 Å². The molecule has 0 spiro atoms. The van der Waals surface area contributed by atoms with Crippen LogP contribution < -0.4 is 16.0 Å². The summed E-state index contributed by atoms with van der Waals surface area (Å²) in [6.07, 6.45) is 3.61. The van der Waals surface area contributed by atoms with Crippen molar-refractivity contribution in [3.63, 3.8) is 0 Å². The summed E-state index contributed by atoms with van der Waals surface area (Å²) in [4.78, 5) is 41.9. The van der Waals surface area contributed by atoms with E-state index < -0.39 is 0 Å². The van der Waals surface area contributed by atoms with Crippen LogP contribution in [0.2, 0.25) is 0 Å². The second kappa shape index (κ2) is 11.6. The summed E-state index contributed by atoms with van der Waals surface area (Å²) in [5.41, 5.74) is 4.50. The van der Waals surface area contributed by atoms with Gasteiger partial charge in [0.05, 0.1) is 16.9 Å². The number of fused-ring (bicyclic) bond motifs is 1. The molecular formula is C29H28N8O3. The lowest BCUT2D eigenvalue weighted by Gasteiger charge is -2.07. The van der Waals surface area contributed by atoms with Crippen molar-refractivity contribution in [2.24, 2.45) is 7.05 Å². The lowest BCUT2D eigenvalue weighted by Crippen LogP contribution is -2.36. The first-order chi connectivity index (χ1) is 19.4. The van der Waals surface area contributed by atoms with Gasteiger partial charge in [-0.05, 0) is 49.4 Å². The number of benzene rings is 2. The molecular weight excluding hydrogens is 508 g/mol. The minimum absolute atomic E-state index is 0.0213. The van der Waals surface area contributed by atoms with E-state index in [1.165, 1.54) is 4.68 Å². The van der Waals surface area contributed by atoms with Crippen LogP contribution in [0.1, 0.15) is 26.5 Å². The summed E-state index contributed by atoms with van der Waals surface area (Å²) in [6.45, 7) is 2.52. The Morgan fingerprint density at radius 1 is 0.850 bits per heavy atom. The van der Waals surface area contributed by atoms with E-state index in [1.807, 2.05) is 32.3 Å². The Balaban J connectivity index is 1.16. The van der Waals surface area contributed by atoms with Gasteiger partial charge in [0, 0.05) is 54.7 Å². The lowest BCUT2D eigenvalue weighted by atomic mass is 10.1. The third-order valence-electron chi connectivity index (χ3n) is 6.16. The van der Waals surface area contributed by atoms with Gasteiger partial charge in [-0.1, -0.05) is 24.3 Å². The van der Waals surface area contributed by atoms with Crippen LogP contribution in [0.15, 0.2) is 79.1 Å². The summed E-state index contributed by atoms with van der Waals surface area (Å²) in [6, 6.07) is 19.5. The monoisotopic (exact) mass is 536 g/mol. The molecule has 5 aromatic rings. The van der Waals surface area contributed by atoms with Crippen LogP contribution in [0.4, 0.5) is 5.69 Å². The Hall–Kier alpha value is -5.32. The summed E-state index contributed by atoms with van der Waals surface area (Å²) in [5.74, 6) is -0.762. The number of rotatable bonds is 9. The van der Waals surface area contributed by atoms with Crippen molar-refractivity contribution in [2.45, 2.75) is 13.5 Å². The third-order valence-corrected chi connectivity index (χ3v) is 6.16. The van der Waals surface area contributed by atoms with Crippen LogP contribution in [0.3, 0.4) is 0 Å². The Kier molecular flexibility index (Phi) is 7.63. The zero-order valence-electron chi connectivity index (χ0n) is 22.1. The van der Waals surface area contributed by atoms with Crippen molar-refractivity contribution in [1.29, 1.82) is 0 Å². The van der Waals surface area contributed by atoms with Crippen LogP contribution in [-0.4, -0.2) is 55.4 Å². The average Bonchev–Trinajstić information content (AvgIpc) is 3.52. The molecule has 0 aliphatic carbocycles. The third kappa shape index (κ3) is 6.21. The summed E-state index contributed by atoms with van der Waals surface area (Å²) >= 11 is 0. The first-order valence-electron chi connectivity index (χ1n) is 12.7. The minimum atomic E-state index is -0.339. The van der Waals surface area contributed by atoms with E-state index in [0.29, 0.717) is 35.6 Å². The largest absolute Gasteiger partial charge is 0.353 e. The predicted octanol–water partition coefficient (Wildman–Crippen LogP) is 2.94. The molecule has 3 amide bonds. The van der Waals surface area contributed by atoms with Crippen molar-refractivity contribution >= 4 is 34.3 Å². The fraction of sp³-hybridized carbons (Fsp3) is 0.172. The van der Waals surface area contributed by atoms with Gasteiger partial charge in [0.25, 0.3) is 11.8 Å². The van der Waals surface area contributed by atoms with E-state index in [2.05, 4.69) is 31.1 Å². The topological polar surface area (TPSA) is 136 Å². The molecule has 2 aromatic carbocycles. The second-order valence-electron chi connectivity index (χ2n) is 9.24. The van der Waals surface area contributed by atoms with E-state index in [9.17, 15) is 14.4 Å². The van der Waals surface area contributed by atoms with Crippen LogP contribution >= 0.6 is 0 Å². The van der Waals surface area contributed by atoms with E-state index in [1.54, 1.807) is 65.5 Å². The molecule has 3 aromatic heterocycles. The number of aryl methyl sites for hydroxylation is 2. The van der Waals surface area contributed by atoms with Crippen LogP contribution in [0.5, 0.6) is 0 Å². The van der Waals surface area contributed by atoms with E-state index in [-0.39, 0.29) is 30.0 Å². The molecule has 5 rings (SSSR count). The van der Waals surface area contributed by atoms with Gasteiger partial charge in [-0.3, -0.25) is 23.7 Å². The first kappa shape index (κ1) is 26.3. The fourth-order valence-corrected chi connectivity index (χ4v) is 4.27. The highest BCUT2D eigenvalue weighted by Crippen LogP contribution is 2.22. The van der Waals surface area contributed by atoms with Crippen molar-refractivity contribution in [3.8, 4) is 11.3 Å². The van der Waals surface area contributed by atoms with Gasteiger partial charge in [0.2, 0.25) is 5.91 Å². The summed E-state index contributed by atoms with van der Waals surface area (Å²) in [7, 11) is 1.84. The molecule has 0 saturated carbocycles. The number of carbonyl (C=O) groups is 3. The lowest BCUT2D eigenvalue weighted by molar-refractivity contribution is -0.121. The van der Waals surface area contributed by atoms with Gasteiger partial charge in [-0.2, -0.15) is 10.2 Å². The Morgan fingerprint density at radius 3 is 2.42 bits per heavy atom. The van der Waals surface area contributed by atoms with Crippen molar-refractivity contribution < 1.29 is 14.4 Å². The summed E-state index contributed by atoms with van der Waals surface area (Å²) in [5, 5.41) is 18.0. The number of carbonyl (C=O) groups excluding carboxylic acids is 3. The average molecular weight is 537 g/mol. The van der Waals surface area contributed by atoms with Gasteiger partial charge in [-0.25, -0.2) is 4.98 Å². The van der Waals surface area contributed by atoms with Crippen molar-refractivity contribution in [3.05, 3.63) is 96.1 Å². The maximum Gasteiger partial charge on any atom is 0.274 e. The SMILES string of the molecule is Cc1nn(C)cc1-c1cccc(C(=O)Nc2ccc3nn(CC(=O)NCCNC(=O)c4ccccc4)cc3c2)n1. The molecule has 11 heteroatoms. The minimum Gasteiger partial charge on any atom is -0.353 e. The smallest absolute Gasteiger partial charge is 0.274 e. The maximum absolute atomic E-state index is 12.9. The molecule has 3 heterocycles. The molecule has 202 valence electrons. The number of nitrogens with one attached hydrogen (secondary N) is 3. The number of hydrogen-bond acceptors (Lipinski definition) is 6. The Morgan fingerprint density at radius 2 is 1.65 bits per heavy atom. The number of amides is 3. The second-order valence-corrected chi connectivity index (χ2v) is 9.24. The highest BCUT2D eigenvalue weighted by Gasteiger charge is 2.13. The molecule has 3 N–H and O–H groups in total. The normalized spacial score (nSPS) is 10.8. The van der Waals surface area contributed by atoms with Gasteiger partial charge in [-0.15, -0.1) is 0 Å². The molecule has 0 bridgehead atoms. The molecule has 0 saturated heterocycles. The molecule has 0 aliphatic heterocycles. The number of hydrogen-bond donors (Lipinski definition) is 3. The maximum atomic E-state index is 12.9. The van der Waals surface area contributed by atoms with Crippen LogP contribution in [-0.2, 0) is 18.4 Å². The number of anilines is 1. The molecule has 0 atom stereocenters. The predicted molar refractivity (Wildman–Crippen MR) is 151 cm³/mol. The first-order valence-corrected chi connectivity index (χ1v) is 12.7. The van der Waals surface area contributed by atoms with Gasteiger partial charge in [0.1, 0.15) is 12.2 Å². The van der Waals surface area contributed by atoms with Gasteiger partial charge >= 0.3 is 0 Å². The molecule has 0 fully saturated rings. The number of nitrogens with zero attached hydrogens (tertiary/aromatic N) is 5. The molecule has 0 aliphatic rings.